The third-order valence-corrected chi connectivity index (χ3v) is 3.82. The Labute approximate surface area is 97.8 Å². The Kier molecular flexibility index (Phi) is 4.04. The molecule has 2 heterocycles. The third kappa shape index (κ3) is 2.48. The molecule has 92 valence electrons. The van der Waals surface area contributed by atoms with E-state index < -0.39 is 0 Å². The van der Waals surface area contributed by atoms with Crippen molar-refractivity contribution in [3.05, 3.63) is 0 Å². The SMILES string of the molecule is CCNC(=O)N1CCCC1C1CCNCC1. The number of carbonyl (C=O) groups excluding carboxylic acids is 1. The highest BCUT2D eigenvalue weighted by Crippen LogP contribution is 2.29. The lowest BCUT2D eigenvalue weighted by Crippen LogP contribution is -2.47. The predicted octanol–water partition coefficient (Wildman–Crippen LogP) is 1.18. The van der Waals surface area contributed by atoms with Crippen LogP contribution in [0, 0.1) is 5.92 Å². The molecular weight excluding hydrogens is 202 g/mol. The minimum atomic E-state index is 0.142. The quantitative estimate of drug-likeness (QED) is 0.741. The number of rotatable bonds is 2. The molecule has 0 saturated carbocycles. The maximum absolute atomic E-state index is 11.9. The Morgan fingerprint density at radius 2 is 2.12 bits per heavy atom. The molecule has 1 atom stereocenters. The van der Waals surface area contributed by atoms with Gasteiger partial charge in [0.05, 0.1) is 0 Å². The molecule has 2 aliphatic rings. The summed E-state index contributed by atoms with van der Waals surface area (Å²) in [7, 11) is 0. The molecule has 0 aromatic rings. The van der Waals surface area contributed by atoms with Gasteiger partial charge in [0.15, 0.2) is 0 Å². The first-order valence-electron chi connectivity index (χ1n) is 6.58. The second kappa shape index (κ2) is 5.53. The number of hydrogen-bond acceptors (Lipinski definition) is 2. The fourth-order valence-corrected chi connectivity index (χ4v) is 3.02. The van der Waals surface area contributed by atoms with E-state index in [1.54, 1.807) is 0 Å². The number of nitrogens with one attached hydrogen (secondary N) is 2. The molecule has 4 heteroatoms. The highest BCUT2D eigenvalue weighted by atomic mass is 16.2. The molecule has 0 aliphatic carbocycles. The van der Waals surface area contributed by atoms with Crippen LogP contribution >= 0.6 is 0 Å². The summed E-state index contributed by atoms with van der Waals surface area (Å²) in [6.07, 6.45) is 4.81. The maximum Gasteiger partial charge on any atom is 0.317 e. The minimum absolute atomic E-state index is 0.142. The summed E-state index contributed by atoms with van der Waals surface area (Å²) in [5, 5.41) is 6.32. The average Bonchev–Trinajstić information content (AvgIpc) is 2.79. The zero-order valence-electron chi connectivity index (χ0n) is 10.2. The van der Waals surface area contributed by atoms with Crippen LogP contribution < -0.4 is 10.6 Å². The average molecular weight is 225 g/mol. The normalized spacial score (nSPS) is 27.1. The van der Waals surface area contributed by atoms with Crippen molar-refractivity contribution in [2.75, 3.05) is 26.2 Å². The second-order valence-electron chi connectivity index (χ2n) is 4.83. The van der Waals surface area contributed by atoms with Gasteiger partial charge < -0.3 is 15.5 Å². The van der Waals surface area contributed by atoms with Gasteiger partial charge in [-0.2, -0.15) is 0 Å². The largest absolute Gasteiger partial charge is 0.338 e. The van der Waals surface area contributed by atoms with E-state index in [1.165, 1.54) is 25.7 Å². The Bertz CT molecular complexity index is 238. The van der Waals surface area contributed by atoms with Crippen LogP contribution in [0.5, 0.6) is 0 Å². The number of nitrogens with zero attached hydrogens (tertiary/aromatic N) is 1. The van der Waals surface area contributed by atoms with Crippen LogP contribution in [0.25, 0.3) is 0 Å². The number of amides is 2. The molecule has 2 rings (SSSR count). The molecule has 2 N–H and O–H groups in total. The van der Waals surface area contributed by atoms with Crippen LogP contribution in [0.15, 0.2) is 0 Å². The number of piperidine rings is 1. The zero-order valence-corrected chi connectivity index (χ0v) is 10.2. The minimum Gasteiger partial charge on any atom is -0.338 e. The second-order valence-corrected chi connectivity index (χ2v) is 4.83. The van der Waals surface area contributed by atoms with Gasteiger partial charge in [-0.1, -0.05) is 0 Å². The first-order chi connectivity index (χ1) is 7.83. The van der Waals surface area contributed by atoms with Gasteiger partial charge in [-0.25, -0.2) is 4.79 Å². The van der Waals surface area contributed by atoms with Crippen molar-refractivity contribution >= 4 is 6.03 Å². The van der Waals surface area contributed by atoms with Gasteiger partial charge in [0, 0.05) is 19.1 Å². The van der Waals surface area contributed by atoms with Crippen molar-refractivity contribution in [3.8, 4) is 0 Å². The summed E-state index contributed by atoms with van der Waals surface area (Å²) in [5.74, 6) is 0.714. The molecular formula is C12H23N3O. The summed E-state index contributed by atoms with van der Waals surface area (Å²) >= 11 is 0. The van der Waals surface area contributed by atoms with Gasteiger partial charge in [-0.15, -0.1) is 0 Å². The van der Waals surface area contributed by atoms with Crippen LogP contribution in [0.1, 0.15) is 32.6 Å². The van der Waals surface area contributed by atoms with Gasteiger partial charge in [-0.3, -0.25) is 0 Å². The smallest absolute Gasteiger partial charge is 0.317 e. The van der Waals surface area contributed by atoms with Crippen LogP contribution in [0.3, 0.4) is 0 Å². The summed E-state index contributed by atoms with van der Waals surface area (Å²) < 4.78 is 0. The molecule has 2 aliphatic heterocycles. The summed E-state index contributed by atoms with van der Waals surface area (Å²) in [6.45, 7) is 5.89. The zero-order chi connectivity index (χ0) is 11.4. The molecule has 0 aromatic heterocycles. The maximum atomic E-state index is 11.9. The lowest BCUT2D eigenvalue weighted by Gasteiger charge is -2.34. The summed E-state index contributed by atoms with van der Waals surface area (Å²) in [5.41, 5.74) is 0. The van der Waals surface area contributed by atoms with Crippen LogP contribution in [0.4, 0.5) is 4.79 Å². The fraction of sp³-hybridized carbons (Fsp3) is 0.917. The monoisotopic (exact) mass is 225 g/mol. The highest BCUT2D eigenvalue weighted by Gasteiger charge is 2.34. The van der Waals surface area contributed by atoms with Gasteiger partial charge >= 0.3 is 6.03 Å². The third-order valence-electron chi connectivity index (χ3n) is 3.82. The number of urea groups is 1. The van der Waals surface area contributed by atoms with Crippen molar-refractivity contribution in [3.63, 3.8) is 0 Å². The Morgan fingerprint density at radius 3 is 2.81 bits per heavy atom. The van der Waals surface area contributed by atoms with Crippen molar-refractivity contribution in [2.24, 2.45) is 5.92 Å². The molecule has 0 bridgehead atoms. The first kappa shape index (κ1) is 11.7. The van der Waals surface area contributed by atoms with Crippen LogP contribution in [-0.4, -0.2) is 43.2 Å². The first-order valence-corrected chi connectivity index (χ1v) is 6.58. The predicted molar refractivity (Wildman–Crippen MR) is 64.4 cm³/mol. The molecule has 16 heavy (non-hydrogen) atoms. The van der Waals surface area contributed by atoms with Crippen molar-refractivity contribution < 1.29 is 4.79 Å². The van der Waals surface area contributed by atoms with Gasteiger partial charge in [-0.05, 0) is 51.6 Å². The van der Waals surface area contributed by atoms with E-state index in [-0.39, 0.29) is 6.03 Å². The van der Waals surface area contributed by atoms with Crippen molar-refractivity contribution in [2.45, 2.75) is 38.6 Å². The summed E-state index contributed by atoms with van der Waals surface area (Å²) in [6, 6.07) is 0.636. The van der Waals surface area contributed by atoms with Crippen molar-refractivity contribution in [1.29, 1.82) is 0 Å². The van der Waals surface area contributed by atoms with Gasteiger partial charge in [0.2, 0.25) is 0 Å². The molecule has 0 aromatic carbocycles. The molecule has 4 nitrogen and oxygen atoms in total. The Hall–Kier alpha value is -0.770. The van der Waals surface area contributed by atoms with E-state index in [0.717, 1.165) is 26.2 Å². The van der Waals surface area contributed by atoms with E-state index in [4.69, 9.17) is 0 Å². The molecule has 2 fully saturated rings. The standard InChI is InChI=1S/C12H23N3O/c1-2-14-12(16)15-9-3-4-11(15)10-5-7-13-8-6-10/h10-11,13H,2-9H2,1H3,(H,14,16). The molecule has 2 amide bonds. The lowest BCUT2D eigenvalue weighted by molar-refractivity contribution is 0.160. The van der Waals surface area contributed by atoms with E-state index >= 15 is 0 Å². The van der Waals surface area contributed by atoms with Crippen LogP contribution in [-0.2, 0) is 0 Å². The molecule has 0 radical (unpaired) electrons. The molecule has 2 saturated heterocycles. The number of hydrogen-bond donors (Lipinski definition) is 2. The van der Waals surface area contributed by atoms with Crippen LogP contribution in [0.2, 0.25) is 0 Å². The topological polar surface area (TPSA) is 44.4 Å². The summed E-state index contributed by atoms with van der Waals surface area (Å²) in [4.78, 5) is 14.0. The van der Waals surface area contributed by atoms with E-state index in [0.29, 0.717) is 12.0 Å². The molecule has 1 unspecified atom stereocenters. The highest BCUT2D eigenvalue weighted by molar-refractivity contribution is 5.74. The Morgan fingerprint density at radius 1 is 1.38 bits per heavy atom. The van der Waals surface area contributed by atoms with E-state index in [9.17, 15) is 4.79 Å². The lowest BCUT2D eigenvalue weighted by atomic mass is 9.89. The Balaban J connectivity index is 1.93. The van der Waals surface area contributed by atoms with E-state index in [1.807, 2.05) is 6.92 Å². The number of likely N-dealkylation sites (tertiary alicyclic amines) is 1. The van der Waals surface area contributed by atoms with Gasteiger partial charge in [0.1, 0.15) is 0 Å². The van der Waals surface area contributed by atoms with E-state index in [2.05, 4.69) is 15.5 Å². The fourth-order valence-electron chi connectivity index (χ4n) is 3.02. The molecule has 0 spiro atoms. The number of carbonyl (C=O) groups is 1. The van der Waals surface area contributed by atoms with Gasteiger partial charge in [0.25, 0.3) is 0 Å². The van der Waals surface area contributed by atoms with Crippen molar-refractivity contribution in [1.82, 2.24) is 15.5 Å².